The van der Waals surface area contributed by atoms with E-state index in [1.54, 1.807) is 0 Å². The Bertz CT molecular complexity index is 242. The molecule has 1 aromatic heterocycles. The number of rotatable bonds is 5. The first-order valence-electron chi connectivity index (χ1n) is 4.57. The molecule has 0 amide bonds. The van der Waals surface area contributed by atoms with Crippen molar-refractivity contribution in [3.8, 4) is 0 Å². The minimum absolute atomic E-state index is 0.707. The van der Waals surface area contributed by atoms with Gasteiger partial charge in [-0.1, -0.05) is 13.3 Å². The molecule has 1 aromatic rings. The Morgan fingerprint density at radius 1 is 1.46 bits per heavy atom. The van der Waals surface area contributed by atoms with E-state index in [4.69, 9.17) is 0 Å². The maximum absolute atomic E-state index is 4.23. The molecule has 5 heteroatoms. The summed E-state index contributed by atoms with van der Waals surface area (Å²) in [5, 5.41) is 10.0. The van der Waals surface area contributed by atoms with E-state index >= 15 is 0 Å². The molecule has 0 atom stereocenters. The van der Waals surface area contributed by atoms with Gasteiger partial charge in [0.15, 0.2) is 0 Å². The van der Waals surface area contributed by atoms with Crippen LogP contribution in [0.15, 0.2) is 0 Å². The van der Waals surface area contributed by atoms with Crippen molar-refractivity contribution in [3.63, 3.8) is 0 Å². The number of hydrogen-bond acceptors (Lipinski definition) is 4. The van der Waals surface area contributed by atoms with Crippen LogP contribution in [0.25, 0.3) is 0 Å². The van der Waals surface area contributed by atoms with Crippen LogP contribution < -0.4 is 10.2 Å². The lowest BCUT2D eigenvalue weighted by atomic mass is 10.3. The van der Waals surface area contributed by atoms with Crippen molar-refractivity contribution >= 4 is 11.9 Å². The van der Waals surface area contributed by atoms with Crippen molar-refractivity contribution in [1.29, 1.82) is 0 Å². The lowest BCUT2D eigenvalue weighted by Gasteiger charge is -2.03. The van der Waals surface area contributed by atoms with Crippen molar-refractivity contribution in [3.05, 3.63) is 0 Å². The number of anilines is 2. The second-order valence-electron chi connectivity index (χ2n) is 3.16. The second kappa shape index (κ2) is 4.69. The number of nitrogens with zero attached hydrogens (tertiary/aromatic N) is 3. The number of nitrogens with one attached hydrogen (secondary N) is 2. The van der Waals surface area contributed by atoms with Gasteiger partial charge >= 0.3 is 0 Å². The molecule has 0 aromatic carbocycles. The zero-order valence-corrected chi connectivity index (χ0v) is 8.46. The summed E-state index contributed by atoms with van der Waals surface area (Å²) in [5.74, 6) is 1.45. The van der Waals surface area contributed by atoms with Crippen LogP contribution in [-0.4, -0.2) is 35.8 Å². The summed E-state index contributed by atoms with van der Waals surface area (Å²) in [7, 11) is 3.83. The van der Waals surface area contributed by atoms with E-state index in [0.717, 1.165) is 18.9 Å². The molecule has 0 unspecified atom stereocenters. The Morgan fingerprint density at radius 3 is 2.77 bits per heavy atom. The first-order chi connectivity index (χ1) is 6.24. The summed E-state index contributed by atoms with van der Waals surface area (Å²) in [6.07, 6.45) is 2.33. The zero-order chi connectivity index (χ0) is 9.68. The highest BCUT2D eigenvalue weighted by Crippen LogP contribution is 2.05. The fourth-order valence-electron chi connectivity index (χ4n) is 0.916. The Morgan fingerprint density at radius 2 is 2.23 bits per heavy atom. The van der Waals surface area contributed by atoms with E-state index in [9.17, 15) is 0 Å². The van der Waals surface area contributed by atoms with Crippen LogP contribution in [0, 0.1) is 0 Å². The molecule has 0 aliphatic rings. The highest BCUT2D eigenvalue weighted by molar-refractivity contribution is 5.34. The first-order valence-corrected chi connectivity index (χ1v) is 4.57. The van der Waals surface area contributed by atoms with Crippen LogP contribution in [0.3, 0.4) is 0 Å². The van der Waals surface area contributed by atoms with Crippen LogP contribution in [0.4, 0.5) is 11.9 Å². The maximum Gasteiger partial charge on any atom is 0.245 e. The summed E-state index contributed by atoms with van der Waals surface area (Å²) in [4.78, 5) is 6.09. The van der Waals surface area contributed by atoms with E-state index in [2.05, 4.69) is 27.4 Å². The quantitative estimate of drug-likeness (QED) is 0.671. The Labute approximate surface area is 78.5 Å². The third-order valence-corrected chi connectivity index (χ3v) is 1.70. The molecule has 2 N–H and O–H groups in total. The summed E-state index contributed by atoms with van der Waals surface area (Å²) >= 11 is 0. The van der Waals surface area contributed by atoms with E-state index in [1.165, 1.54) is 6.42 Å². The molecule has 0 aliphatic heterocycles. The SMILES string of the molecule is CCCCNc1nc(N(C)C)n[nH]1. The molecule has 0 saturated heterocycles. The third kappa shape index (κ3) is 2.93. The molecule has 74 valence electrons. The highest BCUT2D eigenvalue weighted by Gasteiger charge is 2.02. The minimum atomic E-state index is 0.707. The number of unbranched alkanes of at least 4 members (excludes halogenated alkanes) is 1. The topological polar surface area (TPSA) is 56.8 Å². The first kappa shape index (κ1) is 9.83. The number of aromatic amines is 1. The van der Waals surface area contributed by atoms with Crippen molar-refractivity contribution in [2.75, 3.05) is 30.9 Å². The molecule has 5 nitrogen and oxygen atoms in total. The molecule has 0 fully saturated rings. The zero-order valence-electron chi connectivity index (χ0n) is 8.46. The van der Waals surface area contributed by atoms with Gasteiger partial charge in [-0.15, -0.1) is 5.10 Å². The normalized spacial score (nSPS) is 10.1. The minimum Gasteiger partial charge on any atom is -0.355 e. The third-order valence-electron chi connectivity index (χ3n) is 1.70. The Kier molecular flexibility index (Phi) is 3.54. The molecular formula is C8H17N5. The van der Waals surface area contributed by atoms with Crippen molar-refractivity contribution in [1.82, 2.24) is 15.2 Å². The van der Waals surface area contributed by atoms with Crippen LogP contribution in [0.5, 0.6) is 0 Å². The molecule has 0 radical (unpaired) electrons. The van der Waals surface area contributed by atoms with E-state index in [-0.39, 0.29) is 0 Å². The van der Waals surface area contributed by atoms with Gasteiger partial charge in [0, 0.05) is 20.6 Å². The average molecular weight is 183 g/mol. The van der Waals surface area contributed by atoms with Gasteiger partial charge < -0.3 is 10.2 Å². The lowest BCUT2D eigenvalue weighted by Crippen LogP contribution is -2.10. The summed E-state index contributed by atoms with van der Waals surface area (Å²) in [6, 6.07) is 0. The van der Waals surface area contributed by atoms with Gasteiger partial charge in [-0.2, -0.15) is 4.98 Å². The van der Waals surface area contributed by atoms with E-state index < -0.39 is 0 Å². The molecule has 13 heavy (non-hydrogen) atoms. The van der Waals surface area contributed by atoms with Crippen molar-refractivity contribution in [2.45, 2.75) is 19.8 Å². The molecular weight excluding hydrogens is 166 g/mol. The van der Waals surface area contributed by atoms with Gasteiger partial charge in [0.05, 0.1) is 0 Å². The predicted octanol–water partition coefficient (Wildman–Crippen LogP) is 1.08. The van der Waals surface area contributed by atoms with Crippen LogP contribution >= 0.6 is 0 Å². The van der Waals surface area contributed by atoms with Gasteiger partial charge in [0.2, 0.25) is 11.9 Å². The van der Waals surface area contributed by atoms with Crippen molar-refractivity contribution in [2.24, 2.45) is 0 Å². The summed E-state index contributed by atoms with van der Waals surface area (Å²) < 4.78 is 0. The van der Waals surface area contributed by atoms with Gasteiger partial charge in [-0.3, -0.25) is 0 Å². The Balaban J connectivity index is 2.40. The van der Waals surface area contributed by atoms with Gasteiger partial charge in [-0.05, 0) is 6.42 Å². The standard InChI is InChI=1S/C8H17N5/c1-4-5-6-9-7-10-8(12-11-7)13(2)3/h4-6H2,1-3H3,(H2,9,10,11,12). The molecule has 0 bridgehead atoms. The lowest BCUT2D eigenvalue weighted by molar-refractivity contribution is 0.827. The number of H-pyrrole nitrogens is 1. The molecule has 1 heterocycles. The van der Waals surface area contributed by atoms with Gasteiger partial charge in [-0.25, -0.2) is 5.10 Å². The highest BCUT2D eigenvalue weighted by atomic mass is 15.4. The maximum atomic E-state index is 4.23. The van der Waals surface area contributed by atoms with E-state index in [0.29, 0.717) is 5.95 Å². The number of hydrogen-bond donors (Lipinski definition) is 2. The van der Waals surface area contributed by atoms with Gasteiger partial charge in [0.1, 0.15) is 0 Å². The summed E-state index contributed by atoms with van der Waals surface area (Å²) in [6.45, 7) is 3.10. The monoisotopic (exact) mass is 183 g/mol. The molecule has 0 aliphatic carbocycles. The predicted molar refractivity (Wildman–Crippen MR) is 54.1 cm³/mol. The molecule has 1 rings (SSSR count). The fourth-order valence-corrected chi connectivity index (χ4v) is 0.916. The fraction of sp³-hybridized carbons (Fsp3) is 0.750. The number of aromatic nitrogens is 3. The van der Waals surface area contributed by atoms with Crippen LogP contribution in [0.2, 0.25) is 0 Å². The molecule has 0 saturated carbocycles. The largest absolute Gasteiger partial charge is 0.355 e. The second-order valence-corrected chi connectivity index (χ2v) is 3.16. The molecule has 0 spiro atoms. The van der Waals surface area contributed by atoms with Crippen LogP contribution in [0.1, 0.15) is 19.8 Å². The average Bonchev–Trinajstić information content (AvgIpc) is 2.53. The van der Waals surface area contributed by atoms with Crippen LogP contribution in [-0.2, 0) is 0 Å². The van der Waals surface area contributed by atoms with Gasteiger partial charge in [0.25, 0.3) is 0 Å². The van der Waals surface area contributed by atoms with Crippen molar-refractivity contribution < 1.29 is 0 Å². The smallest absolute Gasteiger partial charge is 0.245 e. The summed E-state index contributed by atoms with van der Waals surface area (Å²) in [5.41, 5.74) is 0. The Hall–Kier alpha value is -1.26. The van der Waals surface area contributed by atoms with E-state index in [1.807, 2.05) is 19.0 Å².